The standard InChI is InChI=1S/C21H40.C3H4O2/c1-21(18-14-10-6-3-7-11-15-19-21)20-16-12-8-4-2-5-9-13-17-20;1-2-3(4)5/h20H,2-19H2,1H3;2H,1H2,(H,4,5). The average molecular weight is 365 g/mol. The molecule has 2 heteroatoms. The Kier molecular flexibility index (Phi) is 12.8. The molecule has 0 saturated heterocycles. The van der Waals surface area contributed by atoms with Crippen LogP contribution in [0.25, 0.3) is 0 Å². The normalized spacial score (nSPS) is 23.7. The van der Waals surface area contributed by atoms with Crippen molar-refractivity contribution < 1.29 is 9.90 Å². The van der Waals surface area contributed by atoms with E-state index in [4.69, 9.17) is 5.11 Å². The van der Waals surface area contributed by atoms with Gasteiger partial charge in [0.2, 0.25) is 0 Å². The van der Waals surface area contributed by atoms with E-state index in [9.17, 15) is 4.79 Å². The summed E-state index contributed by atoms with van der Waals surface area (Å²) in [6.45, 7) is 5.63. The summed E-state index contributed by atoms with van der Waals surface area (Å²) in [6, 6.07) is 0. The second-order valence-electron chi connectivity index (χ2n) is 8.92. The molecule has 0 atom stereocenters. The van der Waals surface area contributed by atoms with Gasteiger partial charge in [0.1, 0.15) is 0 Å². The van der Waals surface area contributed by atoms with Gasteiger partial charge in [-0.2, -0.15) is 0 Å². The molecule has 0 heterocycles. The van der Waals surface area contributed by atoms with Crippen molar-refractivity contribution in [3.05, 3.63) is 12.7 Å². The fraction of sp³-hybridized carbons (Fsp3) is 0.875. The lowest BCUT2D eigenvalue weighted by atomic mass is 9.66. The first-order chi connectivity index (χ1) is 12.6. The molecule has 2 rings (SSSR count). The van der Waals surface area contributed by atoms with Crippen molar-refractivity contribution in [3.8, 4) is 0 Å². The van der Waals surface area contributed by atoms with Gasteiger partial charge >= 0.3 is 5.97 Å². The first-order valence-electron chi connectivity index (χ1n) is 11.4. The van der Waals surface area contributed by atoms with Crippen LogP contribution in [0.5, 0.6) is 0 Å². The van der Waals surface area contributed by atoms with E-state index in [0.717, 1.165) is 12.0 Å². The lowest BCUT2D eigenvalue weighted by Gasteiger charge is -2.39. The molecule has 0 aromatic rings. The van der Waals surface area contributed by atoms with Gasteiger partial charge < -0.3 is 5.11 Å². The minimum Gasteiger partial charge on any atom is -0.478 e. The van der Waals surface area contributed by atoms with Crippen molar-refractivity contribution >= 4 is 5.97 Å². The minimum atomic E-state index is -0.981. The second kappa shape index (κ2) is 14.3. The fourth-order valence-corrected chi connectivity index (χ4v) is 4.98. The summed E-state index contributed by atoms with van der Waals surface area (Å²) in [4.78, 5) is 9.25. The zero-order chi connectivity index (χ0) is 19.1. The summed E-state index contributed by atoms with van der Waals surface area (Å²) < 4.78 is 0. The Hall–Kier alpha value is -0.790. The summed E-state index contributed by atoms with van der Waals surface area (Å²) >= 11 is 0. The Morgan fingerprint density at radius 3 is 1.42 bits per heavy atom. The number of carboxylic acids is 1. The van der Waals surface area contributed by atoms with Crippen molar-refractivity contribution in [1.82, 2.24) is 0 Å². The summed E-state index contributed by atoms with van der Waals surface area (Å²) in [5.41, 5.74) is 0.677. The highest BCUT2D eigenvalue weighted by Crippen LogP contribution is 2.44. The molecule has 2 aliphatic rings. The molecule has 0 aromatic carbocycles. The van der Waals surface area contributed by atoms with Crippen molar-refractivity contribution in [3.63, 3.8) is 0 Å². The molecule has 2 fully saturated rings. The zero-order valence-corrected chi connectivity index (χ0v) is 17.4. The Morgan fingerprint density at radius 1 is 0.769 bits per heavy atom. The molecule has 0 unspecified atom stereocenters. The predicted molar refractivity (Wildman–Crippen MR) is 113 cm³/mol. The topological polar surface area (TPSA) is 37.3 Å². The molecule has 26 heavy (non-hydrogen) atoms. The van der Waals surface area contributed by atoms with Crippen LogP contribution in [-0.2, 0) is 4.79 Å². The fourth-order valence-electron chi connectivity index (χ4n) is 4.98. The molecule has 0 aromatic heterocycles. The van der Waals surface area contributed by atoms with E-state index in [1.165, 1.54) is 116 Å². The maximum atomic E-state index is 9.25. The van der Waals surface area contributed by atoms with Crippen molar-refractivity contribution in [1.29, 1.82) is 0 Å². The van der Waals surface area contributed by atoms with Gasteiger partial charge in [-0.05, 0) is 37.0 Å². The Labute approximate surface area is 162 Å². The van der Waals surface area contributed by atoms with E-state index >= 15 is 0 Å². The molecule has 0 amide bonds. The third-order valence-corrected chi connectivity index (χ3v) is 6.76. The highest BCUT2D eigenvalue weighted by atomic mass is 16.4. The van der Waals surface area contributed by atoms with Gasteiger partial charge in [0.05, 0.1) is 0 Å². The largest absolute Gasteiger partial charge is 0.478 e. The van der Waals surface area contributed by atoms with Crippen molar-refractivity contribution in [2.75, 3.05) is 0 Å². The minimum absolute atomic E-state index is 0.677. The van der Waals surface area contributed by atoms with Crippen LogP contribution in [-0.4, -0.2) is 11.1 Å². The van der Waals surface area contributed by atoms with Crippen LogP contribution in [0.2, 0.25) is 0 Å². The van der Waals surface area contributed by atoms with Crippen molar-refractivity contribution in [2.24, 2.45) is 11.3 Å². The number of carboxylic acid groups (broad SMARTS) is 1. The SMILES string of the molecule is C=CC(=O)O.CC1(C2CCCCCCCCC2)CCCCCCCCC1. The van der Waals surface area contributed by atoms with Gasteiger partial charge in [0.25, 0.3) is 0 Å². The van der Waals surface area contributed by atoms with E-state index in [-0.39, 0.29) is 0 Å². The Balaban J connectivity index is 0.000000597. The molecule has 0 aliphatic heterocycles. The summed E-state index contributed by atoms with van der Waals surface area (Å²) in [6.07, 6.45) is 28.0. The van der Waals surface area contributed by atoms with Crippen LogP contribution in [0.4, 0.5) is 0 Å². The van der Waals surface area contributed by atoms with Gasteiger partial charge in [0.15, 0.2) is 0 Å². The zero-order valence-electron chi connectivity index (χ0n) is 17.4. The average Bonchev–Trinajstić information content (AvgIpc) is 2.65. The number of aliphatic carboxylic acids is 1. The third-order valence-electron chi connectivity index (χ3n) is 6.76. The van der Waals surface area contributed by atoms with Crippen LogP contribution in [0.1, 0.15) is 122 Å². The van der Waals surface area contributed by atoms with Crippen LogP contribution in [0.15, 0.2) is 12.7 Å². The van der Waals surface area contributed by atoms with Crippen molar-refractivity contribution in [2.45, 2.75) is 122 Å². The molecule has 0 bridgehead atoms. The van der Waals surface area contributed by atoms with Gasteiger partial charge in [-0.1, -0.05) is 103 Å². The van der Waals surface area contributed by atoms with E-state index in [0.29, 0.717) is 5.41 Å². The van der Waals surface area contributed by atoms with Crippen LogP contribution < -0.4 is 0 Å². The maximum absolute atomic E-state index is 9.25. The monoisotopic (exact) mass is 364 g/mol. The summed E-state index contributed by atoms with van der Waals surface area (Å²) in [7, 11) is 0. The first kappa shape index (κ1) is 23.2. The highest BCUT2D eigenvalue weighted by molar-refractivity contribution is 5.78. The molecule has 2 nitrogen and oxygen atoms in total. The summed E-state index contributed by atoms with van der Waals surface area (Å²) in [5, 5.41) is 7.60. The summed E-state index contributed by atoms with van der Waals surface area (Å²) in [5.74, 6) is 0.0556. The molecular weight excluding hydrogens is 320 g/mol. The highest BCUT2D eigenvalue weighted by Gasteiger charge is 2.32. The maximum Gasteiger partial charge on any atom is 0.327 e. The van der Waals surface area contributed by atoms with Gasteiger partial charge in [-0.3, -0.25) is 0 Å². The molecule has 2 aliphatic carbocycles. The smallest absolute Gasteiger partial charge is 0.327 e. The lowest BCUT2D eigenvalue weighted by Crippen LogP contribution is -2.28. The van der Waals surface area contributed by atoms with Crippen LogP contribution >= 0.6 is 0 Å². The van der Waals surface area contributed by atoms with Crippen LogP contribution in [0, 0.1) is 11.3 Å². The number of hydrogen-bond acceptors (Lipinski definition) is 1. The molecular formula is C24H44O2. The first-order valence-corrected chi connectivity index (χ1v) is 11.4. The van der Waals surface area contributed by atoms with E-state index in [1.807, 2.05) is 0 Å². The lowest BCUT2D eigenvalue weighted by molar-refractivity contribution is -0.131. The van der Waals surface area contributed by atoms with Gasteiger partial charge in [-0.25, -0.2) is 4.79 Å². The molecule has 1 N–H and O–H groups in total. The molecule has 0 radical (unpaired) electrons. The molecule has 0 spiro atoms. The van der Waals surface area contributed by atoms with E-state index in [1.54, 1.807) is 0 Å². The molecule has 152 valence electrons. The van der Waals surface area contributed by atoms with Gasteiger partial charge in [0, 0.05) is 6.08 Å². The van der Waals surface area contributed by atoms with E-state index < -0.39 is 5.97 Å². The van der Waals surface area contributed by atoms with E-state index in [2.05, 4.69) is 13.5 Å². The molecule has 2 saturated carbocycles. The quantitative estimate of drug-likeness (QED) is 0.505. The predicted octanol–water partition coefficient (Wildman–Crippen LogP) is 7.91. The Morgan fingerprint density at radius 2 is 1.08 bits per heavy atom. The second-order valence-corrected chi connectivity index (χ2v) is 8.92. The number of carbonyl (C=O) groups is 1. The van der Waals surface area contributed by atoms with Gasteiger partial charge in [-0.15, -0.1) is 0 Å². The number of rotatable bonds is 2. The third kappa shape index (κ3) is 10.4. The Bertz CT molecular complexity index is 354. The van der Waals surface area contributed by atoms with Crippen LogP contribution in [0.3, 0.4) is 0 Å². The number of hydrogen-bond donors (Lipinski definition) is 1.